The quantitative estimate of drug-likeness (QED) is 0.876. The van der Waals surface area contributed by atoms with E-state index in [1.165, 1.54) is 0 Å². The van der Waals surface area contributed by atoms with Gasteiger partial charge in [-0.25, -0.2) is 0 Å². The number of rotatable bonds is 5. The maximum Gasteiger partial charge on any atom is 0.254 e. The summed E-state index contributed by atoms with van der Waals surface area (Å²) in [6.07, 6.45) is 1.92. The summed E-state index contributed by atoms with van der Waals surface area (Å²) in [6.45, 7) is 3.20. The third kappa shape index (κ3) is 3.94. The molecule has 1 saturated heterocycles. The van der Waals surface area contributed by atoms with Crippen molar-refractivity contribution in [3.8, 4) is 11.5 Å². The molecule has 1 aliphatic rings. The lowest BCUT2D eigenvalue weighted by Gasteiger charge is -2.26. The number of benzene rings is 2. The van der Waals surface area contributed by atoms with Gasteiger partial charge in [-0.05, 0) is 38.0 Å². The zero-order valence-electron chi connectivity index (χ0n) is 14.3. The third-order valence-corrected chi connectivity index (χ3v) is 4.62. The van der Waals surface area contributed by atoms with Crippen LogP contribution in [0.2, 0.25) is 0 Å². The van der Waals surface area contributed by atoms with Gasteiger partial charge in [0.1, 0.15) is 11.5 Å². The molecule has 1 atom stereocenters. The molecular weight excluding hydrogens is 318 g/mol. The normalized spacial score (nSPS) is 16.8. The van der Waals surface area contributed by atoms with Crippen molar-refractivity contribution in [3.05, 3.63) is 59.2 Å². The second kappa shape index (κ2) is 7.57. The molecule has 0 bridgehead atoms. The summed E-state index contributed by atoms with van der Waals surface area (Å²) >= 11 is 0. The van der Waals surface area contributed by atoms with E-state index in [0.717, 1.165) is 12.8 Å². The first kappa shape index (κ1) is 17.3. The van der Waals surface area contributed by atoms with Gasteiger partial charge >= 0.3 is 0 Å². The smallest absolute Gasteiger partial charge is 0.254 e. The lowest BCUT2D eigenvalue weighted by Crippen LogP contribution is -2.37. The number of amides is 1. The maximum atomic E-state index is 13.1. The second-order valence-corrected chi connectivity index (χ2v) is 6.40. The molecule has 25 heavy (non-hydrogen) atoms. The van der Waals surface area contributed by atoms with Crippen LogP contribution < -0.4 is 0 Å². The molecule has 0 aliphatic carbocycles. The van der Waals surface area contributed by atoms with Crippen molar-refractivity contribution in [2.24, 2.45) is 0 Å². The lowest BCUT2D eigenvalue weighted by molar-refractivity contribution is 0.0505. The minimum absolute atomic E-state index is 0.00687. The number of hydrogen-bond acceptors (Lipinski definition) is 4. The second-order valence-electron chi connectivity index (χ2n) is 6.40. The average Bonchev–Trinajstić information content (AvgIpc) is 3.11. The summed E-state index contributed by atoms with van der Waals surface area (Å²) in [5, 5.41) is 20.0. The summed E-state index contributed by atoms with van der Waals surface area (Å²) < 4.78 is 5.69. The Morgan fingerprint density at radius 3 is 2.64 bits per heavy atom. The van der Waals surface area contributed by atoms with E-state index in [1.54, 1.807) is 48.2 Å². The van der Waals surface area contributed by atoms with Crippen LogP contribution in [0.25, 0.3) is 0 Å². The highest BCUT2D eigenvalue weighted by molar-refractivity contribution is 5.96. The van der Waals surface area contributed by atoms with Gasteiger partial charge in [-0.15, -0.1) is 0 Å². The molecule has 1 fully saturated rings. The SMILES string of the molecule is Cc1c(O)cccc1C(=O)N(Cc1ccccc1O)C[C@@H]1CCCO1. The van der Waals surface area contributed by atoms with E-state index in [2.05, 4.69) is 0 Å². The van der Waals surface area contributed by atoms with Crippen LogP contribution in [-0.4, -0.2) is 40.3 Å². The Labute approximate surface area is 147 Å². The molecule has 2 aromatic rings. The molecular formula is C20H23NO4. The number of carbonyl (C=O) groups excluding carboxylic acids is 1. The van der Waals surface area contributed by atoms with E-state index in [9.17, 15) is 15.0 Å². The number of ether oxygens (including phenoxy) is 1. The fourth-order valence-electron chi connectivity index (χ4n) is 3.13. The molecule has 3 rings (SSSR count). The average molecular weight is 341 g/mol. The van der Waals surface area contributed by atoms with Crippen molar-refractivity contribution in [2.45, 2.75) is 32.4 Å². The number of nitrogens with zero attached hydrogens (tertiary/aromatic N) is 1. The Kier molecular flexibility index (Phi) is 5.24. The van der Waals surface area contributed by atoms with Gasteiger partial charge in [0.15, 0.2) is 0 Å². The Morgan fingerprint density at radius 1 is 1.16 bits per heavy atom. The summed E-state index contributed by atoms with van der Waals surface area (Å²) in [6, 6.07) is 12.0. The van der Waals surface area contributed by atoms with Gasteiger partial charge in [0.2, 0.25) is 0 Å². The number of carbonyl (C=O) groups is 1. The van der Waals surface area contributed by atoms with Crippen molar-refractivity contribution in [1.29, 1.82) is 0 Å². The minimum Gasteiger partial charge on any atom is -0.508 e. The molecule has 0 aromatic heterocycles. The first-order chi connectivity index (χ1) is 12.1. The molecule has 0 unspecified atom stereocenters. The molecule has 1 amide bonds. The zero-order chi connectivity index (χ0) is 17.8. The molecule has 0 spiro atoms. The minimum atomic E-state index is -0.174. The van der Waals surface area contributed by atoms with Crippen LogP contribution in [0.3, 0.4) is 0 Å². The van der Waals surface area contributed by atoms with E-state index in [4.69, 9.17) is 4.74 Å². The summed E-state index contributed by atoms with van der Waals surface area (Å²) in [5.74, 6) is 0.0953. The summed E-state index contributed by atoms with van der Waals surface area (Å²) in [7, 11) is 0. The highest BCUT2D eigenvalue weighted by atomic mass is 16.5. The van der Waals surface area contributed by atoms with Crippen molar-refractivity contribution in [1.82, 2.24) is 4.90 Å². The van der Waals surface area contributed by atoms with Crippen molar-refractivity contribution in [3.63, 3.8) is 0 Å². The molecule has 0 radical (unpaired) electrons. The van der Waals surface area contributed by atoms with Gasteiger partial charge in [0.25, 0.3) is 5.91 Å². The third-order valence-electron chi connectivity index (χ3n) is 4.62. The van der Waals surface area contributed by atoms with E-state index < -0.39 is 0 Å². The number of phenols is 2. The Balaban J connectivity index is 1.88. The maximum absolute atomic E-state index is 13.1. The van der Waals surface area contributed by atoms with Crippen LogP contribution in [0.15, 0.2) is 42.5 Å². The summed E-state index contributed by atoms with van der Waals surface area (Å²) in [5.41, 5.74) is 1.71. The first-order valence-electron chi connectivity index (χ1n) is 8.52. The Hall–Kier alpha value is -2.53. The predicted octanol–water partition coefficient (Wildman–Crippen LogP) is 3.23. The van der Waals surface area contributed by atoms with Crippen LogP contribution in [0.4, 0.5) is 0 Å². The molecule has 0 saturated carbocycles. The Morgan fingerprint density at radius 2 is 1.92 bits per heavy atom. The summed E-state index contributed by atoms with van der Waals surface area (Å²) in [4.78, 5) is 14.8. The van der Waals surface area contributed by atoms with Gasteiger partial charge in [-0.1, -0.05) is 24.3 Å². The van der Waals surface area contributed by atoms with E-state index in [-0.39, 0.29) is 23.5 Å². The number of hydrogen-bond donors (Lipinski definition) is 2. The van der Waals surface area contributed by atoms with Crippen LogP contribution in [0.1, 0.15) is 34.3 Å². The molecule has 1 heterocycles. The van der Waals surface area contributed by atoms with Crippen LogP contribution >= 0.6 is 0 Å². The van der Waals surface area contributed by atoms with Crippen molar-refractivity contribution >= 4 is 5.91 Å². The molecule has 2 aromatic carbocycles. The molecule has 2 N–H and O–H groups in total. The topological polar surface area (TPSA) is 70.0 Å². The number of aromatic hydroxyl groups is 2. The van der Waals surface area contributed by atoms with Crippen LogP contribution in [-0.2, 0) is 11.3 Å². The van der Waals surface area contributed by atoms with Gasteiger partial charge in [0, 0.05) is 36.4 Å². The lowest BCUT2D eigenvalue weighted by atomic mass is 10.1. The van der Waals surface area contributed by atoms with Crippen LogP contribution in [0, 0.1) is 6.92 Å². The van der Waals surface area contributed by atoms with Gasteiger partial charge in [-0.2, -0.15) is 0 Å². The largest absolute Gasteiger partial charge is 0.508 e. The fraction of sp³-hybridized carbons (Fsp3) is 0.350. The molecule has 5 heteroatoms. The monoisotopic (exact) mass is 341 g/mol. The molecule has 1 aliphatic heterocycles. The van der Waals surface area contributed by atoms with E-state index in [1.807, 2.05) is 6.07 Å². The van der Waals surface area contributed by atoms with Crippen molar-refractivity contribution in [2.75, 3.05) is 13.2 Å². The standard InChI is InChI=1S/C20H23NO4/c1-14-17(8-4-10-18(14)22)20(24)21(13-16-7-5-11-25-16)12-15-6-2-3-9-19(15)23/h2-4,6,8-10,16,22-23H,5,7,11-13H2,1H3/t16-/m0/s1. The molecule has 132 valence electrons. The van der Waals surface area contributed by atoms with Gasteiger partial charge in [0.05, 0.1) is 6.10 Å². The van der Waals surface area contributed by atoms with E-state index in [0.29, 0.717) is 36.4 Å². The Bertz CT molecular complexity index is 753. The fourth-order valence-corrected chi connectivity index (χ4v) is 3.13. The first-order valence-corrected chi connectivity index (χ1v) is 8.52. The highest BCUT2D eigenvalue weighted by Gasteiger charge is 2.25. The van der Waals surface area contributed by atoms with Gasteiger partial charge < -0.3 is 19.8 Å². The van der Waals surface area contributed by atoms with Crippen LogP contribution in [0.5, 0.6) is 11.5 Å². The van der Waals surface area contributed by atoms with Gasteiger partial charge in [-0.3, -0.25) is 4.79 Å². The molecule has 5 nitrogen and oxygen atoms in total. The highest BCUT2D eigenvalue weighted by Crippen LogP contribution is 2.25. The number of para-hydroxylation sites is 1. The van der Waals surface area contributed by atoms with Crippen molar-refractivity contribution < 1.29 is 19.7 Å². The van der Waals surface area contributed by atoms with E-state index >= 15 is 0 Å². The number of phenolic OH excluding ortho intramolecular Hbond substituents is 2. The predicted molar refractivity (Wildman–Crippen MR) is 94.7 cm³/mol. The zero-order valence-corrected chi connectivity index (χ0v) is 14.3.